The van der Waals surface area contributed by atoms with Crippen molar-refractivity contribution in [2.75, 3.05) is 0 Å². The van der Waals surface area contributed by atoms with Gasteiger partial charge in [-0.25, -0.2) is 0 Å². The van der Waals surface area contributed by atoms with Crippen LogP contribution in [-0.2, 0) is 0 Å². The molecule has 0 heterocycles. The molecule has 0 aromatic carbocycles. The Morgan fingerprint density at radius 3 is 1.94 bits per heavy atom. The van der Waals surface area contributed by atoms with Crippen molar-refractivity contribution in [3.63, 3.8) is 0 Å². The Hall–Kier alpha value is -0.0400. The number of hydrogen-bond donors (Lipinski definition) is 1. The van der Waals surface area contributed by atoms with Gasteiger partial charge in [-0.1, -0.05) is 12.8 Å². The quantitative estimate of drug-likeness (QED) is 0.787. The maximum atomic E-state index is 6.65. The Labute approximate surface area is 106 Å². The van der Waals surface area contributed by atoms with Crippen LogP contribution in [0.4, 0.5) is 0 Å². The molecular weight excluding hydrogens is 206 g/mol. The van der Waals surface area contributed by atoms with Crippen LogP contribution in [0.2, 0.25) is 0 Å². The van der Waals surface area contributed by atoms with Gasteiger partial charge in [0.25, 0.3) is 0 Å². The molecule has 1 heteroatoms. The van der Waals surface area contributed by atoms with Crippen molar-refractivity contribution in [3.05, 3.63) is 0 Å². The summed E-state index contributed by atoms with van der Waals surface area (Å²) in [5.74, 6) is 4.25. The normalized spacial score (nSPS) is 49.6. The fraction of sp³-hybridized carbons (Fsp3) is 1.00. The molecule has 96 valence electrons. The second-order valence-corrected chi connectivity index (χ2v) is 7.91. The Bertz CT molecular complexity index is 269. The van der Waals surface area contributed by atoms with Gasteiger partial charge < -0.3 is 5.73 Å². The van der Waals surface area contributed by atoms with Crippen LogP contribution in [0.1, 0.15) is 64.2 Å². The SMILES string of the molecule is NC(CCC1CC1)C12CC3CC(CC(C3)C1)C2. The molecule has 0 radical (unpaired) electrons. The van der Waals surface area contributed by atoms with Crippen LogP contribution < -0.4 is 5.73 Å². The van der Waals surface area contributed by atoms with Crippen LogP contribution >= 0.6 is 0 Å². The number of nitrogens with two attached hydrogens (primary N) is 1. The summed E-state index contributed by atoms with van der Waals surface area (Å²) in [6, 6.07) is 0.538. The largest absolute Gasteiger partial charge is 0.327 e. The molecule has 2 N–H and O–H groups in total. The third kappa shape index (κ3) is 1.85. The first-order valence-corrected chi connectivity index (χ1v) is 7.99. The maximum Gasteiger partial charge on any atom is 0.00959 e. The van der Waals surface area contributed by atoms with Crippen LogP contribution in [0.25, 0.3) is 0 Å². The molecule has 1 unspecified atom stereocenters. The van der Waals surface area contributed by atoms with Gasteiger partial charge in [-0.2, -0.15) is 0 Å². The third-order valence-corrected chi connectivity index (χ3v) is 6.46. The van der Waals surface area contributed by atoms with Gasteiger partial charge in [0.05, 0.1) is 0 Å². The first kappa shape index (κ1) is 10.8. The summed E-state index contributed by atoms with van der Waals surface area (Å²) in [6.07, 6.45) is 14.9. The van der Waals surface area contributed by atoms with Crippen molar-refractivity contribution in [1.82, 2.24) is 0 Å². The zero-order valence-electron chi connectivity index (χ0n) is 11.0. The Morgan fingerprint density at radius 1 is 0.941 bits per heavy atom. The van der Waals surface area contributed by atoms with E-state index in [1.807, 2.05) is 0 Å². The summed E-state index contributed by atoms with van der Waals surface area (Å²) in [6.45, 7) is 0. The summed E-state index contributed by atoms with van der Waals surface area (Å²) >= 11 is 0. The molecule has 5 saturated carbocycles. The van der Waals surface area contributed by atoms with E-state index >= 15 is 0 Å². The van der Waals surface area contributed by atoms with Crippen molar-refractivity contribution in [2.24, 2.45) is 34.8 Å². The summed E-state index contributed by atoms with van der Waals surface area (Å²) in [5.41, 5.74) is 7.25. The van der Waals surface area contributed by atoms with Crippen LogP contribution in [0, 0.1) is 29.1 Å². The second-order valence-electron chi connectivity index (χ2n) is 7.91. The highest BCUT2D eigenvalue weighted by Gasteiger charge is 2.53. The first-order chi connectivity index (χ1) is 8.23. The first-order valence-electron chi connectivity index (χ1n) is 7.99. The average Bonchev–Trinajstić information content (AvgIpc) is 3.07. The Kier molecular flexibility index (Phi) is 2.38. The molecule has 5 rings (SSSR count). The van der Waals surface area contributed by atoms with E-state index in [2.05, 4.69) is 0 Å². The van der Waals surface area contributed by atoms with E-state index in [4.69, 9.17) is 5.73 Å². The maximum absolute atomic E-state index is 6.65. The van der Waals surface area contributed by atoms with Crippen molar-refractivity contribution in [1.29, 1.82) is 0 Å². The monoisotopic (exact) mass is 233 g/mol. The van der Waals surface area contributed by atoms with E-state index in [0.717, 1.165) is 23.7 Å². The Morgan fingerprint density at radius 2 is 1.47 bits per heavy atom. The zero-order chi connectivity index (χ0) is 11.5. The van der Waals surface area contributed by atoms with E-state index in [0.29, 0.717) is 11.5 Å². The molecule has 0 aliphatic heterocycles. The van der Waals surface area contributed by atoms with Gasteiger partial charge in [0, 0.05) is 6.04 Å². The van der Waals surface area contributed by atoms with Crippen LogP contribution in [0.3, 0.4) is 0 Å². The minimum absolute atomic E-state index is 0.538. The zero-order valence-corrected chi connectivity index (χ0v) is 11.0. The van der Waals surface area contributed by atoms with Crippen molar-refractivity contribution >= 4 is 0 Å². The number of rotatable bonds is 4. The van der Waals surface area contributed by atoms with Gasteiger partial charge in [-0.15, -0.1) is 0 Å². The van der Waals surface area contributed by atoms with E-state index in [9.17, 15) is 0 Å². The molecule has 4 bridgehead atoms. The molecule has 1 nitrogen and oxygen atoms in total. The molecule has 5 aliphatic carbocycles. The highest BCUT2D eigenvalue weighted by Crippen LogP contribution is 2.61. The fourth-order valence-electron chi connectivity index (χ4n) is 5.76. The standard InChI is InChI=1S/C16H27N/c17-15(4-3-11-1-2-11)16-8-12-5-13(9-16)7-14(6-12)10-16/h11-15H,1-10,17H2. The molecule has 0 aromatic rings. The van der Waals surface area contributed by atoms with E-state index in [1.54, 1.807) is 19.3 Å². The predicted molar refractivity (Wildman–Crippen MR) is 70.5 cm³/mol. The van der Waals surface area contributed by atoms with E-state index in [-0.39, 0.29) is 0 Å². The molecule has 5 aliphatic rings. The molecule has 5 fully saturated rings. The molecule has 0 amide bonds. The minimum atomic E-state index is 0.538. The van der Waals surface area contributed by atoms with E-state index in [1.165, 1.54) is 44.9 Å². The summed E-state index contributed by atoms with van der Waals surface area (Å²) < 4.78 is 0. The smallest absolute Gasteiger partial charge is 0.00959 e. The molecule has 17 heavy (non-hydrogen) atoms. The van der Waals surface area contributed by atoms with Crippen LogP contribution in [-0.4, -0.2) is 6.04 Å². The Balaban J connectivity index is 1.47. The van der Waals surface area contributed by atoms with Crippen LogP contribution in [0.15, 0.2) is 0 Å². The summed E-state index contributed by atoms with van der Waals surface area (Å²) in [4.78, 5) is 0. The van der Waals surface area contributed by atoms with Crippen molar-refractivity contribution in [2.45, 2.75) is 70.3 Å². The van der Waals surface area contributed by atoms with Gasteiger partial charge in [0.1, 0.15) is 0 Å². The summed E-state index contributed by atoms with van der Waals surface area (Å²) in [7, 11) is 0. The van der Waals surface area contributed by atoms with Crippen LogP contribution in [0.5, 0.6) is 0 Å². The fourth-order valence-corrected chi connectivity index (χ4v) is 5.76. The molecule has 0 aromatic heterocycles. The predicted octanol–water partition coefficient (Wildman–Crippen LogP) is 3.72. The summed E-state index contributed by atoms with van der Waals surface area (Å²) in [5, 5.41) is 0. The van der Waals surface area contributed by atoms with Gasteiger partial charge in [-0.05, 0) is 80.5 Å². The topological polar surface area (TPSA) is 26.0 Å². The highest BCUT2D eigenvalue weighted by molar-refractivity contribution is 5.05. The highest BCUT2D eigenvalue weighted by atomic mass is 14.7. The molecule has 0 spiro atoms. The lowest BCUT2D eigenvalue weighted by molar-refractivity contribution is -0.0685. The van der Waals surface area contributed by atoms with Crippen molar-refractivity contribution < 1.29 is 0 Å². The van der Waals surface area contributed by atoms with Gasteiger partial charge in [-0.3, -0.25) is 0 Å². The van der Waals surface area contributed by atoms with Gasteiger partial charge in [0.2, 0.25) is 0 Å². The molecular formula is C16H27N. The van der Waals surface area contributed by atoms with Crippen molar-refractivity contribution in [3.8, 4) is 0 Å². The lowest BCUT2D eigenvalue weighted by Gasteiger charge is -2.59. The molecule has 0 saturated heterocycles. The molecule has 1 atom stereocenters. The lowest BCUT2D eigenvalue weighted by atomic mass is 9.47. The minimum Gasteiger partial charge on any atom is -0.327 e. The lowest BCUT2D eigenvalue weighted by Crippen LogP contribution is -2.54. The average molecular weight is 233 g/mol. The van der Waals surface area contributed by atoms with Gasteiger partial charge in [0.15, 0.2) is 0 Å². The number of hydrogen-bond acceptors (Lipinski definition) is 1. The van der Waals surface area contributed by atoms with Gasteiger partial charge >= 0.3 is 0 Å². The second kappa shape index (κ2) is 3.73. The third-order valence-electron chi connectivity index (χ3n) is 6.46. The van der Waals surface area contributed by atoms with E-state index < -0.39 is 0 Å².